The number of phosphoric ester groups is 1. The monoisotopic (exact) mass is 744 g/mol. The number of ether oxygens (including phenoxy) is 6. The molecular formula is C42H49O10P. The van der Waals surface area contributed by atoms with Gasteiger partial charge in [0.2, 0.25) is 0 Å². The second-order valence-electron chi connectivity index (χ2n) is 14.0. The minimum absolute atomic E-state index is 0.00916. The average molecular weight is 745 g/mol. The largest absolute Gasteiger partial charge is 0.475 e. The zero-order valence-corrected chi connectivity index (χ0v) is 31.2. The van der Waals surface area contributed by atoms with Crippen LogP contribution >= 0.6 is 7.82 Å². The van der Waals surface area contributed by atoms with E-state index in [2.05, 4.69) is 0 Å². The number of fused-ring (bicyclic) bond motifs is 1. The van der Waals surface area contributed by atoms with Crippen LogP contribution < -0.4 is 0 Å². The molecule has 7 rings (SSSR count). The van der Waals surface area contributed by atoms with Crippen molar-refractivity contribution in [3.8, 4) is 0 Å². The standard InChI is InChI=1S/C42H49O10P/c1-42(2)50-39-36(45-27-31-17-7-3-8-18-31)38(49-35-25-15-16-26-44-35)37(46-28-32-19-9-4-10-20-32)41(40(39)51-42)52-53(43,47-29-33-21-11-5-12-22-33)48-30-34-23-13-6-14-24-34/h3-14,17-24,35-41H,15-16,25-30H2,1-2H3/t35?,36-,37+,38-,39+,40+,41-/m0/s1. The third kappa shape index (κ3) is 10.3. The molecule has 2 heterocycles. The molecule has 0 aromatic heterocycles. The summed E-state index contributed by atoms with van der Waals surface area (Å²) in [5.41, 5.74) is 3.55. The number of hydrogen-bond donors (Lipinski definition) is 0. The van der Waals surface area contributed by atoms with Gasteiger partial charge in [0.15, 0.2) is 12.1 Å². The average Bonchev–Trinajstić information content (AvgIpc) is 3.53. The minimum Gasteiger partial charge on any atom is -0.368 e. The molecule has 2 saturated heterocycles. The fourth-order valence-corrected chi connectivity index (χ4v) is 8.31. The van der Waals surface area contributed by atoms with Crippen molar-refractivity contribution < 1.29 is 46.6 Å². The minimum atomic E-state index is -4.34. The van der Waals surface area contributed by atoms with Crippen molar-refractivity contribution in [2.24, 2.45) is 0 Å². The summed E-state index contributed by atoms with van der Waals surface area (Å²) in [5.74, 6) is -1.04. The van der Waals surface area contributed by atoms with Gasteiger partial charge in [-0.2, -0.15) is 0 Å². The molecule has 11 heteroatoms. The van der Waals surface area contributed by atoms with Crippen molar-refractivity contribution in [2.75, 3.05) is 6.61 Å². The van der Waals surface area contributed by atoms with Gasteiger partial charge in [0.1, 0.15) is 36.6 Å². The Kier molecular flexibility index (Phi) is 12.9. The van der Waals surface area contributed by atoms with Crippen LogP contribution in [0.15, 0.2) is 121 Å². The molecule has 3 aliphatic rings. The van der Waals surface area contributed by atoms with E-state index in [9.17, 15) is 4.57 Å². The van der Waals surface area contributed by atoms with Crippen LogP contribution in [0.1, 0.15) is 55.4 Å². The third-order valence-corrected chi connectivity index (χ3v) is 10.9. The van der Waals surface area contributed by atoms with Crippen LogP contribution in [-0.2, 0) is 73.0 Å². The van der Waals surface area contributed by atoms with E-state index < -0.39 is 56.5 Å². The molecule has 10 nitrogen and oxygen atoms in total. The summed E-state index contributed by atoms with van der Waals surface area (Å²) in [5, 5.41) is 0. The Bertz CT molecular complexity index is 1670. The zero-order chi connectivity index (χ0) is 36.5. The smallest absolute Gasteiger partial charge is 0.368 e. The molecule has 0 bridgehead atoms. The topological polar surface area (TPSA) is 100 Å². The molecule has 1 saturated carbocycles. The van der Waals surface area contributed by atoms with E-state index in [1.165, 1.54) is 0 Å². The molecule has 282 valence electrons. The van der Waals surface area contributed by atoms with E-state index >= 15 is 0 Å². The Balaban J connectivity index is 1.26. The summed E-state index contributed by atoms with van der Waals surface area (Å²) in [6.07, 6.45) is -2.77. The van der Waals surface area contributed by atoms with Gasteiger partial charge in [0, 0.05) is 6.61 Å². The highest BCUT2D eigenvalue weighted by atomic mass is 31.2. The first-order chi connectivity index (χ1) is 25.8. The van der Waals surface area contributed by atoms with Crippen LogP contribution in [0.3, 0.4) is 0 Å². The quantitative estimate of drug-likeness (QED) is 0.104. The van der Waals surface area contributed by atoms with E-state index in [4.69, 9.17) is 42.0 Å². The fraction of sp³-hybridized carbons (Fsp3) is 0.429. The summed E-state index contributed by atoms with van der Waals surface area (Å²) in [7, 11) is -4.34. The maximum Gasteiger partial charge on any atom is 0.475 e. The number of phosphoric acid groups is 1. The van der Waals surface area contributed by atoms with E-state index in [1.807, 2.05) is 135 Å². The number of benzene rings is 4. The SMILES string of the molecule is CC1(C)O[C@@H]2[C@@H](OCc3ccccc3)[C@H](OC3CCCCO3)[C@@H](OCc3ccccc3)[C@H](OP(=O)(OCc3ccccc3)OCc3ccccc3)[C@@H]2O1. The maximum absolute atomic E-state index is 15.0. The van der Waals surface area contributed by atoms with Crippen LogP contribution in [-0.4, -0.2) is 55.3 Å². The van der Waals surface area contributed by atoms with Gasteiger partial charge in [-0.25, -0.2) is 4.57 Å². The molecular weight excluding hydrogens is 695 g/mol. The third-order valence-electron chi connectivity index (χ3n) is 9.52. The number of rotatable bonds is 16. The Labute approximate surface area is 312 Å². The van der Waals surface area contributed by atoms with Crippen molar-refractivity contribution in [1.82, 2.24) is 0 Å². The van der Waals surface area contributed by atoms with Crippen molar-refractivity contribution >= 4 is 7.82 Å². The molecule has 0 spiro atoms. The van der Waals surface area contributed by atoms with Gasteiger partial charge in [-0.1, -0.05) is 121 Å². The van der Waals surface area contributed by atoms with Gasteiger partial charge >= 0.3 is 7.82 Å². The molecule has 53 heavy (non-hydrogen) atoms. The highest BCUT2D eigenvalue weighted by Gasteiger charge is 2.62. The first kappa shape index (κ1) is 38.0. The van der Waals surface area contributed by atoms with Crippen molar-refractivity contribution in [3.05, 3.63) is 144 Å². The lowest BCUT2D eigenvalue weighted by Gasteiger charge is -2.47. The van der Waals surface area contributed by atoms with Gasteiger partial charge in [-0.05, 0) is 55.4 Å². The Hall–Kier alpha value is -3.25. The highest BCUT2D eigenvalue weighted by Crippen LogP contribution is 2.55. The summed E-state index contributed by atoms with van der Waals surface area (Å²) < 4.78 is 73.7. The fourth-order valence-electron chi connectivity index (χ4n) is 6.96. The van der Waals surface area contributed by atoms with Gasteiger partial charge in [-0.15, -0.1) is 0 Å². The van der Waals surface area contributed by atoms with Crippen molar-refractivity contribution in [1.29, 1.82) is 0 Å². The van der Waals surface area contributed by atoms with Crippen molar-refractivity contribution in [3.63, 3.8) is 0 Å². The molecule has 1 aliphatic carbocycles. The van der Waals surface area contributed by atoms with E-state index in [1.54, 1.807) is 0 Å². The van der Waals surface area contributed by atoms with E-state index in [-0.39, 0.29) is 19.8 Å². The Morgan fingerprint density at radius 3 is 1.51 bits per heavy atom. The Morgan fingerprint density at radius 1 is 0.585 bits per heavy atom. The van der Waals surface area contributed by atoms with Crippen LogP contribution in [0.25, 0.3) is 0 Å². The first-order valence-corrected chi connectivity index (χ1v) is 19.9. The summed E-state index contributed by atoms with van der Waals surface area (Å²) >= 11 is 0. The molecule has 4 aromatic rings. The summed E-state index contributed by atoms with van der Waals surface area (Å²) in [6, 6.07) is 38.7. The molecule has 0 N–H and O–H groups in total. The molecule has 0 radical (unpaired) electrons. The van der Waals surface area contributed by atoms with Gasteiger partial charge in [0.25, 0.3) is 0 Å². The molecule has 3 fully saturated rings. The van der Waals surface area contributed by atoms with Crippen LogP contribution in [0.5, 0.6) is 0 Å². The van der Waals surface area contributed by atoms with Crippen LogP contribution in [0.4, 0.5) is 0 Å². The van der Waals surface area contributed by atoms with Crippen LogP contribution in [0.2, 0.25) is 0 Å². The molecule has 4 aromatic carbocycles. The van der Waals surface area contributed by atoms with Crippen LogP contribution in [0, 0.1) is 0 Å². The molecule has 1 unspecified atom stereocenters. The lowest BCUT2D eigenvalue weighted by atomic mass is 9.84. The normalized spacial score (nSPS) is 26.9. The first-order valence-electron chi connectivity index (χ1n) is 18.4. The maximum atomic E-state index is 15.0. The van der Waals surface area contributed by atoms with Gasteiger partial charge in [0.05, 0.1) is 26.4 Å². The van der Waals surface area contributed by atoms with E-state index in [0.29, 0.717) is 19.6 Å². The second-order valence-corrected chi connectivity index (χ2v) is 15.6. The predicted octanol–water partition coefficient (Wildman–Crippen LogP) is 8.53. The van der Waals surface area contributed by atoms with Crippen molar-refractivity contribution in [2.45, 2.75) is 108 Å². The molecule has 7 atom stereocenters. The highest BCUT2D eigenvalue weighted by molar-refractivity contribution is 7.48. The summed E-state index contributed by atoms with van der Waals surface area (Å²) in [6.45, 7) is 4.75. The molecule has 2 aliphatic heterocycles. The zero-order valence-electron chi connectivity index (χ0n) is 30.3. The lowest BCUT2D eigenvalue weighted by molar-refractivity contribution is -0.284. The molecule has 0 amide bonds. The van der Waals surface area contributed by atoms with E-state index in [0.717, 1.165) is 35.1 Å². The lowest BCUT2D eigenvalue weighted by Crippen LogP contribution is -2.65. The number of hydrogen-bond acceptors (Lipinski definition) is 10. The van der Waals surface area contributed by atoms with Gasteiger partial charge < -0.3 is 28.4 Å². The Morgan fingerprint density at radius 2 is 1.04 bits per heavy atom. The predicted molar refractivity (Wildman–Crippen MR) is 197 cm³/mol. The summed E-state index contributed by atoms with van der Waals surface area (Å²) in [4.78, 5) is 0. The van der Waals surface area contributed by atoms with Gasteiger partial charge in [-0.3, -0.25) is 13.6 Å². The second kappa shape index (κ2) is 17.9.